The van der Waals surface area contributed by atoms with E-state index < -0.39 is 12.0 Å². The van der Waals surface area contributed by atoms with Gasteiger partial charge in [-0.1, -0.05) is 12.1 Å². The minimum atomic E-state index is -0.816. The summed E-state index contributed by atoms with van der Waals surface area (Å²) in [5.41, 5.74) is 3.77. The maximum Gasteiger partial charge on any atom is 0.284 e. The highest BCUT2D eigenvalue weighted by atomic mass is 16.6. The highest BCUT2D eigenvalue weighted by Crippen LogP contribution is 2.32. The molecule has 3 N–H and O–H groups in total. The molecule has 2 aromatic carbocycles. The summed E-state index contributed by atoms with van der Waals surface area (Å²) < 4.78 is 11.1. The number of hydrogen-bond acceptors (Lipinski definition) is 6. The SMILES string of the molecule is Cc1cc(O)c(C)c(O)c1/C=N\NC(=O)C1COc2ccccc2O1. The Morgan fingerprint density at radius 2 is 2.00 bits per heavy atom. The van der Waals surface area contributed by atoms with E-state index in [0.29, 0.717) is 28.2 Å². The number of para-hydroxylation sites is 2. The summed E-state index contributed by atoms with van der Waals surface area (Å²) in [7, 11) is 0. The van der Waals surface area contributed by atoms with Gasteiger partial charge in [0.2, 0.25) is 6.10 Å². The smallest absolute Gasteiger partial charge is 0.284 e. The van der Waals surface area contributed by atoms with Gasteiger partial charge in [0.15, 0.2) is 11.5 Å². The zero-order chi connectivity index (χ0) is 18.0. The van der Waals surface area contributed by atoms with Crippen LogP contribution < -0.4 is 14.9 Å². The van der Waals surface area contributed by atoms with Crippen molar-refractivity contribution in [3.63, 3.8) is 0 Å². The van der Waals surface area contributed by atoms with Gasteiger partial charge in [-0.05, 0) is 37.6 Å². The number of aromatic hydroxyl groups is 2. The first-order chi connectivity index (χ1) is 12.0. The van der Waals surface area contributed by atoms with E-state index in [-0.39, 0.29) is 18.1 Å². The fourth-order valence-electron chi connectivity index (χ4n) is 2.45. The molecule has 0 spiro atoms. The first-order valence-corrected chi connectivity index (χ1v) is 7.71. The summed E-state index contributed by atoms with van der Waals surface area (Å²) in [6.07, 6.45) is 0.510. The number of hydrogen-bond donors (Lipinski definition) is 3. The van der Waals surface area contributed by atoms with Gasteiger partial charge in [-0.25, -0.2) is 5.43 Å². The minimum Gasteiger partial charge on any atom is -0.508 e. The molecule has 0 saturated carbocycles. The third-order valence-corrected chi connectivity index (χ3v) is 3.94. The van der Waals surface area contributed by atoms with Crippen LogP contribution in [-0.4, -0.2) is 35.0 Å². The summed E-state index contributed by atoms with van der Waals surface area (Å²) in [5.74, 6) is 0.554. The van der Waals surface area contributed by atoms with E-state index in [1.165, 1.54) is 12.3 Å². The molecule has 25 heavy (non-hydrogen) atoms. The number of aryl methyl sites for hydroxylation is 1. The van der Waals surface area contributed by atoms with Crippen LogP contribution in [0.15, 0.2) is 35.4 Å². The highest BCUT2D eigenvalue weighted by Gasteiger charge is 2.27. The molecule has 1 unspecified atom stereocenters. The van der Waals surface area contributed by atoms with Crippen LogP contribution in [0.2, 0.25) is 0 Å². The number of ether oxygens (including phenoxy) is 2. The number of carbonyl (C=O) groups is 1. The summed E-state index contributed by atoms with van der Waals surface area (Å²) in [6, 6.07) is 8.62. The summed E-state index contributed by atoms with van der Waals surface area (Å²) >= 11 is 0. The van der Waals surface area contributed by atoms with Crippen LogP contribution >= 0.6 is 0 Å². The van der Waals surface area contributed by atoms with Gasteiger partial charge >= 0.3 is 0 Å². The Bertz CT molecular complexity index is 848. The minimum absolute atomic E-state index is 0.00241. The molecule has 0 radical (unpaired) electrons. The third kappa shape index (κ3) is 3.35. The van der Waals surface area contributed by atoms with Gasteiger partial charge in [-0.15, -0.1) is 0 Å². The molecular weight excluding hydrogens is 324 g/mol. The molecule has 1 aliphatic heterocycles. The summed E-state index contributed by atoms with van der Waals surface area (Å²) in [4.78, 5) is 12.2. The Balaban J connectivity index is 1.67. The van der Waals surface area contributed by atoms with Crippen LogP contribution in [0.1, 0.15) is 16.7 Å². The van der Waals surface area contributed by atoms with E-state index in [1.807, 2.05) is 6.07 Å². The van der Waals surface area contributed by atoms with Crippen LogP contribution in [-0.2, 0) is 4.79 Å². The highest BCUT2D eigenvalue weighted by molar-refractivity contribution is 5.88. The van der Waals surface area contributed by atoms with Crippen molar-refractivity contribution in [1.82, 2.24) is 5.43 Å². The van der Waals surface area contributed by atoms with Crippen LogP contribution in [0.25, 0.3) is 0 Å². The lowest BCUT2D eigenvalue weighted by Gasteiger charge is -2.24. The van der Waals surface area contributed by atoms with Crippen LogP contribution in [0.3, 0.4) is 0 Å². The number of carbonyl (C=O) groups excluding carboxylic acids is 1. The van der Waals surface area contributed by atoms with E-state index in [0.717, 1.165) is 0 Å². The van der Waals surface area contributed by atoms with Gasteiger partial charge in [0.25, 0.3) is 5.91 Å². The lowest BCUT2D eigenvalue weighted by molar-refractivity contribution is -0.130. The zero-order valence-electron chi connectivity index (χ0n) is 13.8. The Kier molecular flexibility index (Phi) is 4.47. The molecule has 0 aromatic heterocycles. The maximum atomic E-state index is 12.2. The first kappa shape index (κ1) is 16.6. The van der Waals surface area contributed by atoms with Crippen molar-refractivity contribution in [2.24, 2.45) is 5.10 Å². The number of hydrazone groups is 1. The van der Waals surface area contributed by atoms with Crippen molar-refractivity contribution >= 4 is 12.1 Å². The molecule has 130 valence electrons. The molecule has 2 aromatic rings. The van der Waals surface area contributed by atoms with Gasteiger partial charge < -0.3 is 19.7 Å². The average Bonchev–Trinajstić information content (AvgIpc) is 2.62. The zero-order valence-corrected chi connectivity index (χ0v) is 13.8. The van der Waals surface area contributed by atoms with E-state index >= 15 is 0 Å². The predicted octanol–water partition coefficient (Wildman–Crippen LogP) is 2.00. The average molecular weight is 342 g/mol. The third-order valence-electron chi connectivity index (χ3n) is 3.94. The second-order valence-corrected chi connectivity index (χ2v) is 5.70. The Labute approximate surface area is 144 Å². The Hall–Kier alpha value is -3.22. The second-order valence-electron chi connectivity index (χ2n) is 5.70. The molecule has 0 fully saturated rings. The van der Waals surface area contributed by atoms with Crippen LogP contribution in [0, 0.1) is 13.8 Å². The van der Waals surface area contributed by atoms with Gasteiger partial charge in [-0.2, -0.15) is 5.10 Å². The molecule has 3 rings (SSSR count). The van der Waals surface area contributed by atoms with Crippen LogP contribution in [0.4, 0.5) is 0 Å². The molecule has 1 atom stereocenters. The summed E-state index contributed by atoms with van der Waals surface area (Å²) in [6.45, 7) is 3.39. The molecule has 1 amide bonds. The number of fused-ring (bicyclic) bond motifs is 1. The second kappa shape index (κ2) is 6.72. The first-order valence-electron chi connectivity index (χ1n) is 7.71. The van der Waals surface area contributed by atoms with Gasteiger partial charge in [0.05, 0.1) is 6.21 Å². The van der Waals surface area contributed by atoms with Crippen molar-refractivity contribution in [1.29, 1.82) is 0 Å². The number of nitrogens with one attached hydrogen (secondary N) is 1. The van der Waals surface area contributed by atoms with Crippen LogP contribution in [0.5, 0.6) is 23.0 Å². The number of phenols is 2. The number of benzene rings is 2. The van der Waals surface area contributed by atoms with Crippen molar-refractivity contribution in [2.45, 2.75) is 20.0 Å². The normalized spacial score (nSPS) is 16.0. The lowest BCUT2D eigenvalue weighted by Crippen LogP contribution is -2.42. The number of rotatable bonds is 3. The maximum absolute atomic E-state index is 12.2. The molecule has 0 saturated heterocycles. The fourth-order valence-corrected chi connectivity index (χ4v) is 2.45. The van der Waals surface area contributed by atoms with Crippen molar-refractivity contribution in [3.8, 4) is 23.0 Å². The molecule has 1 aliphatic rings. The molecule has 1 heterocycles. The lowest BCUT2D eigenvalue weighted by atomic mass is 10.0. The van der Waals surface area contributed by atoms with E-state index in [9.17, 15) is 15.0 Å². The van der Waals surface area contributed by atoms with E-state index in [2.05, 4.69) is 10.5 Å². The monoisotopic (exact) mass is 342 g/mol. The Morgan fingerprint density at radius 1 is 1.28 bits per heavy atom. The van der Waals surface area contributed by atoms with Gasteiger partial charge in [-0.3, -0.25) is 4.79 Å². The molecule has 7 nitrogen and oxygen atoms in total. The molecule has 0 bridgehead atoms. The van der Waals surface area contributed by atoms with Crippen molar-refractivity contribution in [2.75, 3.05) is 6.61 Å². The van der Waals surface area contributed by atoms with Gasteiger partial charge in [0.1, 0.15) is 18.1 Å². The topological polar surface area (TPSA) is 100 Å². The van der Waals surface area contributed by atoms with Crippen molar-refractivity contribution < 1.29 is 24.5 Å². The number of amides is 1. The summed E-state index contributed by atoms with van der Waals surface area (Å²) in [5, 5.41) is 23.6. The Morgan fingerprint density at radius 3 is 2.76 bits per heavy atom. The van der Waals surface area contributed by atoms with Crippen molar-refractivity contribution in [3.05, 3.63) is 47.0 Å². The molecule has 0 aliphatic carbocycles. The quantitative estimate of drug-likeness (QED) is 0.585. The number of nitrogens with zero attached hydrogens (tertiary/aromatic N) is 1. The van der Waals surface area contributed by atoms with E-state index in [4.69, 9.17) is 9.47 Å². The standard InChI is InChI=1S/C18H18N2O5/c1-10-7-13(21)11(2)17(22)12(10)8-19-20-18(23)16-9-24-14-5-3-4-6-15(14)25-16/h3-8,16,21-22H,9H2,1-2H3,(H,20,23)/b19-8-. The molecular formula is C18H18N2O5. The molecule has 7 heteroatoms. The number of phenolic OH excluding ortho intramolecular Hbond substituents is 2. The van der Waals surface area contributed by atoms with E-state index in [1.54, 1.807) is 32.0 Å². The largest absolute Gasteiger partial charge is 0.508 e. The fraction of sp³-hybridized carbons (Fsp3) is 0.222. The van der Waals surface area contributed by atoms with Gasteiger partial charge in [0, 0.05) is 11.1 Å². The predicted molar refractivity (Wildman–Crippen MR) is 91.3 cm³/mol.